The predicted octanol–water partition coefficient (Wildman–Crippen LogP) is 8.27. The zero-order chi connectivity index (χ0) is 18.0. The van der Waals surface area contributed by atoms with Gasteiger partial charge in [-0.05, 0) is 23.8 Å². The van der Waals surface area contributed by atoms with Crippen LogP contribution < -0.4 is 0 Å². The van der Waals surface area contributed by atoms with Crippen LogP contribution >= 0.6 is 22.9 Å². The van der Waals surface area contributed by atoms with Gasteiger partial charge >= 0.3 is 0 Å². The molecule has 0 amide bonds. The molecule has 4 aromatic carbocycles. The summed E-state index contributed by atoms with van der Waals surface area (Å²) in [5, 5.41) is 5.43. The van der Waals surface area contributed by atoms with Gasteiger partial charge in [-0.2, -0.15) is 0 Å². The highest BCUT2D eigenvalue weighted by Crippen LogP contribution is 2.40. The molecule has 0 bridgehead atoms. The van der Waals surface area contributed by atoms with Gasteiger partial charge in [0.2, 0.25) is 0 Å². The number of hydrogen-bond donors (Lipinski definition) is 0. The van der Waals surface area contributed by atoms with Crippen LogP contribution in [0.1, 0.15) is 0 Å². The number of rotatable bonds is 1. The fourth-order valence-corrected chi connectivity index (χ4v) is 5.27. The summed E-state index contributed by atoms with van der Waals surface area (Å²) >= 11 is 8.19. The molecule has 0 aliphatic carbocycles. The maximum Gasteiger partial charge on any atom is 0.154 e. The fraction of sp³-hybridized carbons (Fsp3) is 0. The van der Waals surface area contributed by atoms with Gasteiger partial charge in [0.1, 0.15) is 5.58 Å². The average molecular weight is 385 g/mol. The second-order valence-electron chi connectivity index (χ2n) is 6.71. The number of para-hydroxylation sites is 2. The molecule has 0 unspecified atom stereocenters. The van der Waals surface area contributed by atoms with E-state index in [-0.39, 0.29) is 0 Å². The maximum atomic E-state index is 6.36. The Kier molecular flexibility index (Phi) is 3.16. The normalized spacial score (nSPS) is 11.9. The molecule has 0 fully saturated rings. The zero-order valence-electron chi connectivity index (χ0n) is 14.2. The highest BCUT2D eigenvalue weighted by atomic mass is 35.5. The summed E-state index contributed by atoms with van der Waals surface area (Å²) in [4.78, 5) is 0. The van der Waals surface area contributed by atoms with E-state index >= 15 is 0 Å². The van der Waals surface area contributed by atoms with Gasteiger partial charge in [-0.1, -0.05) is 72.3 Å². The Morgan fingerprint density at radius 1 is 0.630 bits per heavy atom. The van der Waals surface area contributed by atoms with E-state index in [0.717, 1.165) is 33.1 Å². The molecule has 6 aromatic rings. The SMILES string of the molecule is Clc1cccc2c1oc1c(-c3ccc4c(c3)sc3ccccc34)cccc12. The summed E-state index contributed by atoms with van der Waals surface area (Å²) in [5.74, 6) is 0. The highest BCUT2D eigenvalue weighted by molar-refractivity contribution is 7.25. The molecule has 0 saturated carbocycles. The lowest BCUT2D eigenvalue weighted by atomic mass is 10.0. The summed E-state index contributed by atoms with van der Waals surface area (Å²) < 4.78 is 8.82. The minimum atomic E-state index is 0.648. The molecular formula is C24H13ClOS. The van der Waals surface area contributed by atoms with Crippen LogP contribution in [0.2, 0.25) is 5.02 Å². The summed E-state index contributed by atoms with van der Waals surface area (Å²) in [7, 11) is 0. The summed E-state index contributed by atoms with van der Waals surface area (Å²) in [6, 6.07) is 27.4. The first-order valence-corrected chi connectivity index (χ1v) is 10.0. The van der Waals surface area contributed by atoms with Crippen molar-refractivity contribution in [2.75, 3.05) is 0 Å². The second kappa shape index (κ2) is 5.59. The number of halogens is 1. The molecule has 2 heterocycles. The van der Waals surface area contributed by atoms with Crippen molar-refractivity contribution in [1.82, 2.24) is 0 Å². The summed E-state index contributed by atoms with van der Waals surface area (Å²) in [6.07, 6.45) is 0. The van der Waals surface area contributed by atoms with Crippen molar-refractivity contribution in [3.63, 3.8) is 0 Å². The third-order valence-electron chi connectivity index (χ3n) is 5.17. The van der Waals surface area contributed by atoms with Crippen molar-refractivity contribution in [2.24, 2.45) is 0 Å². The Hall–Kier alpha value is -2.81. The topological polar surface area (TPSA) is 13.1 Å². The quantitative estimate of drug-likeness (QED) is 0.278. The van der Waals surface area contributed by atoms with E-state index in [1.165, 1.54) is 20.2 Å². The molecule has 0 saturated heterocycles. The first-order chi connectivity index (χ1) is 13.3. The van der Waals surface area contributed by atoms with Crippen LogP contribution in [-0.4, -0.2) is 0 Å². The van der Waals surface area contributed by atoms with Crippen LogP contribution in [0.3, 0.4) is 0 Å². The standard InChI is InChI=1S/C24H13ClOS/c25-20-9-4-8-19-18-7-3-6-15(23(18)26-24(19)20)14-11-12-17-16-5-1-2-10-21(16)27-22(17)13-14/h1-13H. The lowest BCUT2D eigenvalue weighted by Gasteiger charge is -2.03. The van der Waals surface area contributed by atoms with Gasteiger partial charge in [-0.15, -0.1) is 11.3 Å². The van der Waals surface area contributed by atoms with E-state index in [1.54, 1.807) is 0 Å². The molecule has 0 radical (unpaired) electrons. The van der Waals surface area contributed by atoms with Crippen molar-refractivity contribution in [2.45, 2.75) is 0 Å². The molecule has 1 nitrogen and oxygen atoms in total. The first kappa shape index (κ1) is 15.3. The van der Waals surface area contributed by atoms with Crippen LogP contribution in [0.25, 0.3) is 53.2 Å². The van der Waals surface area contributed by atoms with E-state index in [0.29, 0.717) is 5.02 Å². The van der Waals surface area contributed by atoms with Crippen molar-refractivity contribution in [3.05, 3.63) is 83.9 Å². The Balaban J connectivity index is 1.66. The molecule has 0 aliphatic rings. The fourth-order valence-electron chi connectivity index (χ4n) is 3.91. The molecular weight excluding hydrogens is 372 g/mol. The molecule has 6 rings (SSSR count). The minimum absolute atomic E-state index is 0.648. The molecule has 0 N–H and O–H groups in total. The Morgan fingerprint density at radius 2 is 1.37 bits per heavy atom. The van der Waals surface area contributed by atoms with Gasteiger partial charge in [-0.3, -0.25) is 0 Å². The third kappa shape index (κ3) is 2.18. The van der Waals surface area contributed by atoms with Crippen molar-refractivity contribution < 1.29 is 4.42 Å². The molecule has 2 aromatic heterocycles. The van der Waals surface area contributed by atoms with Crippen molar-refractivity contribution in [3.8, 4) is 11.1 Å². The smallest absolute Gasteiger partial charge is 0.154 e. The van der Waals surface area contributed by atoms with Crippen molar-refractivity contribution in [1.29, 1.82) is 0 Å². The maximum absolute atomic E-state index is 6.36. The van der Waals surface area contributed by atoms with Gasteiger partial charge in [0, 0.05) is 36.5 Å². The van der Waals surface area contributed by atoms with Crippen LogP contribution in [0, 0.1) is 0 Å². The van der Waals surface area contributed by atoms with Gasteiger partial charge in [-0.25, -0.2) is 0 Å². The van der Waals surface area contributed by atoms with E-state index in [9.17, 15) is 0 Å². The van der Waals surface area contributed by atoms with Gasteiger partial charge in [0.05, 0.1) is 5.02 Å². The summed E-state index contributed by atoms with van der Waals surface area (Å²) in [6.45, 7) is 0. The van der Waals surface area contributed by atoms with Crippen molar-refractivity contribution >= 4 is 65.0 Å². The lowest BCUT2D eigenvalue weighted by Crippen LogP contribution is -1.78. The van der Waals surface area contributed by atoms with E-state index in [1.807, 2.05) is 23.5 Å². The summed E-state index contributed by atoms with van der Waals surface area (Å²) in [5.41, 5.74) is 3.90. The molecule has 27 heavy (non-hydrogen) atoms. The van der Waals surface area contributed by atoms with Gasteiger partial charge in [0.25, 0.3) is 0 Å². The highest BCUT2D eigenvalue weighted by Gasteiger charge is 2.14. The molecule has 0 atom stereocenters. The van der Waals surface area contributed by atoms with E-state index in [2.05, 4.69) is 66.7 Å². The Labute approximate surface area is 164 Å². The predicted molar refractivity (Wildman–Crippen MR) is 117 cm³/mol. The number of benzene rings is 4. The molecule has 0 aliphatic heterocycles. The third-order valence-corrected chi connectivity index (χ3v) is 6.60. The zero-order valence-corrected chi connectivity index (χ0v) is 15.8. The van der Waals surface area contributed by atoms with Gasteiger partial charge < -0.3 is 4.42 Å². The monoisotopic (exact) mass is 384 g/mol. The number of hydrogen-bond acceptors (Lipinski definition) is 2. The van der Waals surface area contributed by atoms with E-state index in [4.69, 9.17) is 16.0 Å². The van der Waals surface area contributed by atoms with Crippen LogP contribution in [0.4, 0.5) is 0 Å². The Bertz CT molecular complexity index is 1490. The Morgan fingerprint density at radius 3 is 2.30 bits per heavy atom. The van der Waals surface area contributed by atoms with Gasteiger partial charge in [0.15, 0.2) is 5.58 Å². The number of thiophene rings is 1. The molecule has 3 heteroatoms. The average Bonchev–Trinajstić information content (AvgIpc) is 3.26. The first-order valence-electron chi connectivity index (χ1n) is 8.81. The largest absolute Gasteiger partial charge is 0.454 e. The van der Waals surface area contributed by atoms with E-state index < -0.39 is 0 Å². The number of furan rings is 1. The molecule has 128 valence electrons. The van der Waals surface area contributed by atoms with Crippen LogP contribution in [0.5, 0.6) is 0 Å². The minimum Gasteiger partial charge on any atom is -0.454 e. The lowest BCUT2D eigenvalue weighted by molar-refractivity contribution is 0.670. The second-order valence-corrected chi connectivity index (χ2v) is 8.20. The molecule has 0 spiro atoms. The van der Waals surface area contributed by atoms with Crippen LogP contribution in [0.15, 0.2) is 83.3 Å². The van der Waals surface area contributed by atoms with Crippen LogP contribution in [-0.2, 0) is 0 Å². The number of fused-ring (bicyclic) bond motifs is 6.